The molecule has 0 radical (unpaired) electrons. The predicted molar refractivity (Wildman–Crippen MR) is 75.2 cm³/mol. The number of benzene rings is 1. The fourth-order valence-electron chi connectivity index (χ4n) is 2.38. The summed E-state index contributed by atoms with van der Waals surface area (Å²) in [5, 5.41) is 5.82. The van der Waals surface area contributed by atoms with Gasteiger partial charge in [-0.1, -0.05) is 6.07 Å². The summed E-state index contributed by atoms with van der Waals surface area (Å²) in [5.41, 5.74) is 2.06. The standard InChI is InChI=1S/C15H20N2O2/c1-10-12(6-4-7-13(10)16-11(2)18)14(19)17-15(3)8-5-9-15/h4,6-7H,5,8-9H2,1-3H3,(H,16,18)(H,17,19). The molecule has 19 heavy (non-hydrogen) atoms. The number of anilines is 1. The van der Waals surface area contributed by atoms with Crippen molar-refractivity contribution < 1.29 is 9.59 Å². The third-order valence-corrected chi connectivity index (χ3v) is 3.76. The molecule has 0 spiro atoms. The Morgan fingerprint density at radius 2 is 1.95 bits per heavy atom. The van der Waals surface area contributed by atoms with Gasteiger partial charge in [-0.3, -0.25) is 9.59 Å². The Hall–Kier alpha value is -1.84. The molecule has 1 aliphatic carbocycles. The molecule has 0 saturated heterocycles. The van der Waals surface area contributed by atoms with E-state index in [1.165, 1.54) is 13.3 Å². The van der Waals surface area contributed by atoms with Crippen LogP contribution in [0.1, 0.15) is 49.0 Å². The molecule has 4 heteroatoms. The molecule has 0 atom stereocenters. The van der Waals surface area contributed by atoms with Gasteiger partial charge in [-0.25, -0.2) is 0 Å². The van der Waals surface area contributed by atoms with Gasteiger partial charge in [0.1, 0.15) is 0 Å². The Morgan fingerprint density at radius 3 is 2.47 bits per heavy atom. The Morgan fingerprint density at radius 1 is 1.26 bits per heavy atom. The average molecular weight is 260 g/mol. The topological polar surface area (TPSA) is 58.2 Å². The van der Waals surface area contributed by atoms with Gasteiger partial charge in [0, 0.05) is 23.7 Å². The average Bonchev–Trinajstić information content (AvgIpc) is 2.29. The molecule has 2 N–H and O–H groups in total. The van der Waals surface area contributed by atoms with Crippen molar-refractivity contribution in [1.29, 1.82) is 0 Å². The first-order valence-corrected chi connectivity index (χ1v) is 6.61. The van der Waals surface area contributed by atoms with Crippen LogP contribution in [0.15, 0.2) is 18.2 Å². The Kier molecular flexibility index (Phi) is 3.60. The quantitative estimate of drug-likeness (QED) is 0.877. The van der Waals surface area contributed by atoms with E-state index in [0.717, 1.165) is 18.4 Å². The van der Waals surface area contributed by atoms with Crippen LogP contribution in [0, 0.1) is 6.92 Å². The Balaban J connectivity index is 2.19. The lowest BCUT2D eigenvalue weighted by atomic mass is 9.78. The Labute approximate surface area is 113 Å². The highest BCUT2D eigenvalue weighted by Gasteiger charge is 2.33. The second kappa shape index (κ2) is 5.03. The SMILES string of the molecule is CC(=O)Nc1cccc(C(=O)NC2(C)CCC2)c1C. The number of nitrogens with one attached hydrogen (secondary N) is 2. The van der Waals surface area contributed by atoms with Crippen LogP contribution in [-0.2, 0) is 4.79 Å². The number of hydrogen-bond donors (Lipinski definition) is 2. The van der Waals surface area contributed by atoms with Crippen molar-refractivity contribution in [3.05, 3.63) is 29.3 Å². The number of amides is 2. The van der Waals surface area contributed by atoms with Gasteiger partial charge in [0.05, 0.1) is 0 Å². The van der Waals surface area contributed by atoms with E-state index in [0.29, 0.717) is 11.3 Å². The first-order chi connectivity index (χ1) is 8.91. The number of rotatable bonds is 3. The van der Waals surface area contributed by atoms with Crippen LogP contribution < -0.4 is 10.6 Å². The lowest BCUT2D eigenvalue weighted by Crippen LogP contribution is -2.51. The predicted octanol–water partition coefficient (Wildman–Crippen LogP) is 2.63. The fourth-order valence-corrected chi connectivity index (χ4v) is 2.38. The molecule has 0 aromatic heterocycles. The highest BCUT2D eigenvalue weighted by Crippen LogP contribution is 2.31. The summed E-state index contributed by atoms with van der Waals surface area (Å²) >= 11 is 0. The number of hydrogen-bond acceptors (Lipinski definition) is 2. The fraction of sp³-hybridized carbons (Fsp3) is 0.467. The molecule has 0 aliphatic heterocycles. The maximum atomic E-state index is 12.3. The van der Waals surface area contributed by atoms with Crippen LogP contribution >= 0.6 is 0 Å². The van der Waals surface area contributed by atoms with E-state index in [-0.39, 0.29) is 17.4 Å². The van der Waals surface area contributed by atoms with Gasteiger partial charge in [0.25, 0.3) is 5.91 Å². The zero-order valence-corrected chi connectivity index (χ0v) is 11.7. The van der Waals surface area contributed by atoms with Gasteiger partial charge in [0.2, 0.25) is 5.91 Å². The monoisotopic (exact) mass is 260 g/mol. The highest BCUT2D eigenvalue weighted by molar-refractivity contribution is 5.99. The van der Waals surface area contributed by atoms with Gasteiger partial charge in [-0.05, 0) is 50.8 Å². The summed E-state index contributed by atoms with van der Waals surface area (Å²) in [6.07, 6.45) is 3.23. The van der Waals surface area contributed by atoms with Gasteiger partial charge < -0.3 is 10.6 Å². The normalized spacial score (nSPS) is 16.4. The molecule has 2 amide bonds. The van der Waals surface area contributed by atoms with Crippen LogP contribution in [0.4, 0.5) is 5.69 Å². The van der Waals surface area contributed by atoms with Crippen LogP contribution in [0.3, 0.4) is 0 Å². The first-order valence-electron chi connectivity index (χ1n) is 6.61. The summed E-state index contributed by atoms with van der Waals surface area (Å²) in [5.74, 6) is -0.196. The van der Waals surface area contributed by atoms with Crippen LogP contribution in [0.25, 0.3) is 0 Å². The van der Waals surface area contributed by atoms with Crippen molar-refractivity contribution in [3.8, 4) is 0 Å². The lowest BCUT2D eigenvalue weighted by molar-refractivity contribution is -0.114. The molecule has 4 nitrogen and oxygen atoms in total. The summed E-state index contributed by atoms with van der Waals surface area (Å²) in [6.45, 7) is 5.38. The van der Waals surface area contributed by atoms with Gasteiger partial charge >= 0.3 is 0 Å². The molecule has 0 bridgehead atoms. The Bertz CT molecular complexity index is 519. The van der Waals surface area contributed by atoms with Gasteiger partial charge in [-0.2, -0.15) is 0 Å². The first kappa shape index (κ1) is 13.6. The van der Waals surface area contributed by atoms with Gasteiger partial charge in [-0.15, -0.1) is 0 Å². The number of carbonyl (C=O) groups is 2. The zero-order chi connectivity index (χ0) is 14.0. The van der Waals surface area contributed by atoms with Gasteiger partial charge in [0.15, 0.2) is 0 Å². The van der Waals surface area contributed by atoms with E-state index in [4.69, 9.17) is 0 Å². The van der Waals surface area contributed by atoms with Crippen LogP contribution in [-0.4, -0.2) is 17.4 Å². The third kappa shape index (κ3) is 2.95. The van der Waals surface area contributed by atoms with Crippen molar-refractivity contribution in [1.82, 2.24) is 5.32 Å². The van der Waals surface area contributed by atoms with Crippen LogP contribution in [0.5, 0.6) is 0 Å². The minimum Gasteiger partial charge on any atom is -0.347 e. The molecule has 0 unspecified atom stereocenters. The summed E-state index contributed by atoms with van der Waals surface area (Å²) in [4.78, 5) is 23.4. The molecule has 1 saturated carbocycles. The largest absolute Gasteiger partial charge is 0.347 e. The minimum atomic E-state index is -0.133. The second-order valence-corrected chi connectivity index (χ2v) is 5.53. The maximum Gasteiger partial charge on any atom is 0.252 e. The van der Waals surface area contributed by atoms with E-state index in [1.54, 1.807) is 18.2 Å². The lowest BCUT2D eigenvalue weighted by Gasteiger charge is -2.39. The van der Waals surface area contributed by atoms with E-state index >= 15 is 0 Å². The van der Waals surface area contributed by atoms with E-state index in [1.807, 2.05) is 6.92 Å². The molecule has 1 fully saturated rings. The summed E-state index contributed by atoms with van der Waals surface area (Å²) in [6, 6.07) is 5.38. The van der Waals surface area contributed by atoms with E-state index in [2.05, 4.69) is 17.6 Å². The smallest absolute Gasteiger partial charge is 0.252 e. The molecular weight excluding hydrogens is 240 g/mol. The molecule has 1 aromatic rings. The molecule has 2 rings (SSSR count). The molecule has 0 heterocycles. The molecule has 102 valence electrons. The zero-order valence-electron chi connectivity index (χ0n) is 11.7. The number of carbonyl (C=O) groups excluding carboxylic acids is 2. The summed E-state index contributed by atoms with van der Waals surface area (Å²) in [7, 11) is 0. The molecular formula is C15H20N2O2. The third-order valence-electron chi connectivity index (χ3n) is 3.76. The summed E-state index contributed by atoms with van der Waals surface area (Å²) < 4.78 is 0. The van der Waals surface area contributed by atoms with Crippen molar-refractivity contribution in [2.75, 3.05) is 5.32 Å². The van der Waals surface area contributed by atoms with Crippen molar-refractivity contribution in [3.63, 3.8) is 0 Å². The highest BCUT2D eigenvalue weighted by atomic mass is 16.2. The van der Waals surface area contributed by atoms with E-state index in [9.17, 15) is 9.59 Å². The minimum absolute atomic E-state index is 0.0620. The van der Waals surface area contributed by atoms with Crippen molar-refractivity contribution in [2.24, 2.45) is 0 Å². The van der Waals surface area contributed by atoms with Crippen molar-refractivity contribution in [2.45, 2.75) is 45.6 Å². The molecule has 1 aromatic carbocycles. The van der Waals surface area contributed by atoms with Crippen LogP contribution in [0.2, 0.25) is 0 Å². The molecule has 1 aliphatic rings. The second-order valence-electron chi connectivity index (χ2n) is 5.53. The van der Waals surface area contributed by atoms with Crippen molar-refractivity contribution >= 4 is 17.5 Å². The van der Waals surface area contributed by atoms with E-state index < -0.39 is 0 Å². The maximum absolute atomic E-state index is 12.3.